The van der Waals surface area contributed by atoms with Gasteiger partial charge < -0.3 is 10.4 Å². The van der Waals surface area contributed by atoms with Crippen LogP contribution in [0.2, 0.25) is 0 Å². The molecule has 1 amide bonds. The van der Waals surface area contributed by atoms with Crippen LogP contribution in [-0.2, 0) is 4.79 Å². The predicted octanol–water partition coefficient (Wildman–Crippen LogP) is 1.68. The Morgan fingerprint density at radius 3 is 2.57 bits per heavy atom. The van der Waals surface area contributed by atoms with Crippen LogP contribution in [0.3, 0.4) is 0 Å². The second-order valence-corrected chi connectivity index (χ2v) is 6.34. The van der Waals surface area contributed by atoms with E-state index in [4.69, 9.17) is 0 Å². The summed E-state index contributed by atoms with van der Waals surface area (Å²) in [4.78, 5) is 13.4. The summed E-state index contributed by atoms with van der Waals surface area (Å²) in [5.74, 6) is -0.645. The third-order valence-corrected chi connectivity index (χ3v) is 4.41. The zero-order valence-electron chi connectivity index (χ0n) is 12.1. The fourth-order valence-electron chi connectivity index (χ4n) is 3.27. The lowest BCUT2D eigenvalue weighted by Crippen LogP contribution is -2.48. The second-order valence-electron chi connectivity index (χ2n) is 6.34. The third-order valence-electron chi connectivity index (χ3n) is 4.41. The van der Waals surface area contributed by atoms with E-state index in [0.29, 0.717) is 32.2 Å². The number of likely N-dealkylation sites (tertiary alicyclic amines) is 1. The summed E-state index contributed by atoms with van der Waals surface area (Å²) in [6, 6.07) is 0. The molecule has 0 spiro atoms. The van der Waals surface area contributed by atoms with Crippen molar-refractivity contribution in [2.24, 2.45) is 5.92 Å². The summed E-state index contributed by atoms with van der Waals surface area (Å²) in [5.41, 5.74) is -0.823. The minimum Gasteiger partial charge on any atom is -0.388 e. The molecule has 2 aliphatic rings. The normalized spacial score (nSPS) is 26.8. The largest absolute Gasteiger partial charge is 0.401 e. The summed E-state index contributed by atoms with van der Waals surface area (Å²) in [6.45, 7) is -0.223. The Labute approximate surface area is 122 Å². The zero-order valence-corrected chi connectivity index (χ0v) is 12.1. The molecule has 1 atom stereocenters. The molecule has 4 nitrogen and oxygen atoms in total. The molecule has 1 heterocycles. The number of hydrogen-bond acceptors (Lipinski definition) is 3. The highest BCUT2D eigenvalue weighted by Gasteiger charge is 2.36. The van der Waals surface area contributed by atoms with Crippen LogP contribution in [0.1, 0.15) is 38.5 Å². The number of rotatable bonds is 4. The van der Waals surface area contributed by atoms with Gasteiger partial charge in [0.2, 0.25) is 5.91 Å². The number of carbonyl (C=O) groups excluding carboxylic acids is 1. The van der Waals surface area contributed by atoms with Gasteiger partial charge in [-0.3, -0.25) is 9.69 Å². The van der Waals surface area contributed by atoms with E-state index < -0.39 is 24.2 Å². The molecule has 1 aliphatic carbocycles. The highest BCUT2D eigenvalue weighted by atomic mass is 19.4. The van der Waals surface area contributed by atoms with Gasteiger partial charge in [-0.25, -0.2) is 0 Å². The van der Waals surface area contributed by atoms with Gasteiger partial charge in [0.05, 0.1) is 18.1 Å². The lowest BCUT2D eigenvalue weighted by atomic mass is 9.96. The molecule has 1 unspecified atom stereocenters. The van der Waals surface area contributed by atoms with Gasteiger partial charge in [-0.2, -0.15) is 13.2 Å². The van der Waals surface area contributed by atoms with Crippen molar-refractivity contribution >= 4 is 5.91 Å². The van der Waals surface area contributed by atoms with Crippen LogP contribution in [0.15, 0.2) is 0 Å². The van der Waals surface area contributed by atoms with Crippen LogP contribution in [0.5, 0.6) is 0 Å². The Bertz CT molecular complexity index is 368. The van der Waals surface area contributed by atoms with Crippen molar-refractivity contribution in [1.29, 1.82) is 0 Å². The highest BCUT2D eigenvalue weighted by molar-refractivity contribution is 5.79. The van der Waals surface area contributed by atoms with Crippen molar-refractivity contribution in [3.05, 3.63) is 0 Å². The van der Waals surface area contributed by atoms with E-state index in [9.17, 15) is 23.1 Å². The quantitative estimate of drug-likeness (QED) is 0.831. The van der Waals surface area contributed by atoms with Crippen molar-refractivity contribution in [2.45, 2.75) is 50.3 Å². The lowest BCUT2D eigenvalue weighted by molar-refractivity contribution is -0.152. The summed E-state index contributed by atoms with van der Waals surface area (Å²) >= 11 is 0. The number of halogens is 3. The van der Waals surface area contributed by atoms with E-state index in [1.54, 1.807) is 0 Å². The van der Waals surface area contributed by atoms with Crippen LogP contribution in [0.25, 0.3) is 0 Å². The Kier molecular flexibility index (Phi) is 5.14. The standard InChI is InChI=1S/C14H23F3N2O2/c15-14(16,17)10-19-7-3-4-11(8-19)12(20)18-9-13(21)5-1-2-6-13/h11,21H,1-10H2,(H,18,20). The van der Waals surface area contributed by atoms with Gasteiger partial charge in [-0.05, 0) is 32.2 Å². The molecule has 1 saturated heterocycles. The van der Waals surface area contributed by atoms with Crippen molar-refractivity contribution < 1.29 is 23.1 Å². The van der Waals surface area contributed by atoms with Gasteiger partial charge >= 0.3 is 6.18 Å². The number of alkyl halides is 3. The lowest BCUT2D eigenvalue weighted by Gasteiger charge is -2.33. The Morgan fingerprint density at radius 2 is 1.95 bits per heavy atom. The van der Waals surface area contributed by atoms with Crippen LogP contribution in [0, 0.1) is 5.92 Å². The van der Waals surface area contributed by atoms with Gasteiger partial charge in [-0.15, -0.1) is 0 Å². The number of aliphatic hydroxyl groups is 1. The molecule has 1 aliphatic heterocycles. The fourth-order valence-corrected chi connectivity index (χ4v) is 3.27. The molecule has 0 aromatic rings. The molecule has 0 aromatic heterocycles. The SMILES string of the molecule is O=C(NCC1(O)CCCC1)C1CCCN(CC(F)(F)F)C1. The zero-order chi connectivity index (χ0) is 15.5. The first-order valence-corrected chi connectivity index (χ1v) is 7.57. The highest BCUT2D eigenvalue weighted by Crippen LogP contribution is 2.29. The monoisotopic (exact) mass is 308 g/mol. The molecule has 122 valence electrons. The van der Waals surface area contributed by atoms with Gasteiger partial charge in [0.1, 0.15) is 0 Å². The molecular formula is C14H23F3N2O2. The van der Waals surface area contributed by atoms with E-state index in [-0.39, 0.29) is 19.0 Å². The fraction of sp³-hybridized carbons (Fsp3) is 0.929. The molecule has 0 bridgehead atoms. The molecule has 21 heavy (non-hydrogen) atoms. The average Bonchev–Trinajstić information content (AvgIpc) is 2.82. The predicted molar refractivity (Wildman–Crippen MR) is 71.6 cm³/mol. The first-order valence-electron chi connectivity index (χ1n) is 7.57. The maximum atomic E-state index is 12.4. The summed E-state index contributed by atoms with van der Waals surface area (Å²) in [7, 11) is 0. The van der Waals surface area contributed by atoms with Crippen LogP contribution >= 0.6 is 0 Å². The Morgan fingerprint density at radius 1 is 1.29 bits per heavy atom. The third kappa shape index (κ3) is 5.14. The van der Waals surface area contributed by atoms with Crippen molar-refractivity contribution in [3.8, 4) is 0 Å². The van der Waals surface area contributed by atoms with Crippen LogP contribution in [0.4, 0.5) is 13.2 Å². The van der Waals surface area contributed by atoms with Gasteiger partial charge in [0.25, 0.3) is 0 Å². The first kappa shape index (κ1) is 16.5. The van der Waals surface area contributed by atoms with Gasteiger partial charge in [0, 0.05) is 13.1 Å². The molecule has 7 heteroatoms. The molecule has 2 rings (SSSR count). The number of hydrogen-bond donors (Lipinski definition) is 2. The van der Waals surface area contributed by atoms with E-state index >= 15 is 0 Å². The number of piperidine rings is 1. The smallest absolute Gasteiger partial charge is 0.388 e. The second kappa shape index (κ2) is 6.52. The number of carbonyl (C=O) groups is 1. The number of amides is 1. The minimum atomic E-state index is -4.22. The van der Waals surface area contributed by atoms with E-state index in [1.165, 1.54) is 4.90 Å². The summed E-state index contributed by atoms with van der Waals surface area (Å²) in [6.07, 6.45) is 0.245. The summed E-state index contributed by atoms with van der Waals surface area (Å²) in [5, 5.41) is 12.9. The topological polar surface area (TPSA) is 52.6 Å². The number of nitrogens with zero attached hydrogens (tertiary/aromatic N) is 1. The van der Waals surface area contributed by atoms with Gasteiger partial charge in [0.15, 0.2) is 0 Å². The first-order chi connectivity index (χ1) is 9.77. The number of nitrogens with one attached hydrogen (secondary N) is 1. The van der Waals surface area contributed by atoms with E-state index in [1.807, 2.05) is 0 Å². The molecule has 0 radical (unpaired) electrons. The molecule has 1 saturated carbocycles. The van der Waals surface area contributed by atoms with Crippen LogP contribution in [-0.4, -0.2) is 53.9 Å². The van der Waals surface area contributed by atoms with Crippen LogP contribution < -0.4 is 5.32 Å². The molecule has 2 fully saturated rings. The van der Waals surface area contributed by atoms with Crippen molar-refractivity contribution in [1.82, 2.24) is 10.2 Å². The van der Waals surface area contributed by atoms with Crippen molar-refractivity contribution in [2.75, 3.05) is 26.2 Å². The summed E-state index contributed by atoms with van der Waals surface area (Å²) < 4.78 is 37.2. The van der Waals surface area contributed by atoms with E-state index in [0.717, 1.165) is 12.8 Å². The van der Waals surface area contributed by atoms with Gasteiger partial charge in [-0.1, -0.05) is 12.8 Å². The maximum Gasteiger partial charge on any atom is 0.401 e. The Balaban J connectivity index is 1.79. The van der Waals surface area contributed by atoms with Crippen molar-refractivity contribution in [3.63, 3.8) is 0 Å². The molecule has 2 N–H and O–H groups in total. The molecular weight excluding hydrogens is 285 g/mol. The maximum absolute atomic E-state index is 12.4. The minimum absolute atomic E-state index is 0.143. The average molecular weight is 308 g/mol. The van der Waals surface area contributed by atoms with E-state index in [2.05, 4.69) is 5.32 Å². The Hall–Kier alpha value is -0.820. The molecule has 0 aromatic carbocycles.